The van der Waals surface area contributed by atoms with Gasteiger partial charge in [-0.1, -0.05) is 13.8 Å². The summed E-state index contributed by atoms with van der Waals surface area (Å²) < 4.78 is 0. The van der Waals surface area contributed by atoms with Gasteiger partial charge >= 0.3 is 0 Å². The number of nitrogens with zero attached hydrogens (tertiary/aromatic N) is 1. The smallest absolute Gasteiger partial charge is 0.224 e. The third-order valence-electron chi connectivity index (χ3n) is 3.17. The summed E-state index contributed by atoms with van der Waals surface area (Å²) in [7, 11) is 0. The number of carbonyl (C=O) groups is 1. The van der Waals surface area contributed by atoms with Crippen LogP contribution in [0.25, 0.3) is 0 Å². The summed E-state index contributed by atoms with van der Waals surface area (Å²) in [5.41, 5.74) is 5.86. The second-order valence-corrected chi connectivity index (χ2v) is 4.68. The Bertz CT molecular complexity index is 219. The molecule has 1 rings (SSSR count). The largest absolute Gasteiger partial charge is 0.394 e. The molecule has 0 aromatic carbocycles. The molecule has 3 N–H and O–H groups in total. The number of aliphatic hydroxyl groups is 1. The van der Waals surface area contributed by atoms with Gasteiger partial charge in [-0.15, -0.1) is 0 Å². The van der Waals surface area contributed by atoms with E-state index in [0.717, 1.165) is 19.4 Å². The van der Waals surface area contributed by atoms with Crippen molar-refractivity contribution in [1.29, 1.82) is 0 Å². The number of nitrogens with two attached hydrogens (primary N) is 1. The van der Waals surface area contributed by atoms with Gasteiger partial charge in [-0.25, -0.2) is 0 Å². The monoisotopic (exact) mass is 214 g/mol. The van der Waals surface area contributed by atoms with Crippen molar-refractivity contribution >= 4 is 5.91 Å². The molecule has 0 aromatic heterocycles. The van der Waals surface area contributed by atoms with Crippen molar-refractivity contribution in [2.75, 3.05) is 13.2 Å². The van der Waals surface area contributed by atoms with Crippen molar-refractivity contribution in [3.8, 4) is 0 Å². The average molecular weight is 214 g/mol. The lowest BCUT2D eigenvalue weighted by molar-refractivity contribution is -0.133. The van der Waals surface area contributed by atoms with Crippen molar-refractivity contribution in [2.24, 2.45) is 11.7 Å². The summed E-state index contributed by atoms with van der Waals surface area (Å²) in [6.45, 7) is 4.88. The molecule has 1 saturated heterocycles. The average Bonchev–Trinajstić information content (AvgIpc) is 2.64. The van der Waals surface area contributed by atoms with Crippen molar-refractivity contribution < 1.29 is 9.90 Å². The number of carbonyl (C=O) groups excluding carboxylic acids is 1. The molecule has 0 aromatic rings. The van der Waals surface area contributed by atoms with Crippen LogP contribution in [0, 0.1) is 5.92 Å². The molecule has 1 unspecified atom stereocenters. The molecule has 2 atom stereocenters. The second kappa shape index (κ2) is 5.47. The minimum absolute atomic E-state index is 0.0249. The quantitative estimate of drug-likeness (QED) is 0.709. The molecule has 4 nitrogen and oxygen atoms in total. The highest BCUT2D eigenvalue weighted by molar-refractivity contribution is 5.77. The van der Waals surface area contributed by atoms with Gasteiger partial charge in [-0.3, -0.25) is 4.79 Å². The molecule has 0 bridgehead atoms. The number of aliphatic hydroxyl groups excluding tert-OH is 1. The van der Waals surface area contributed by atoms with Gasteiger partial charge in [0.05, 0.1) is 12.6 Å². The molecule has 4 heteroatoms. The van der Waals surface area contributed by atoms with Crippen LogP contribution in [0.1, 0.15) is 33.1 Å². The number of hydrogen-bond donors (Lipinski definition) is 2. The highest BCUT2D eigenvalue weighted by atomic mass is 16.3. The molecule has 15 heavy (non-hydrogen) atoms. The van der Waals surface area contributed by atoms with Crippen LogP contribution in [0.3, 0.4) is 0 Å². The van der Waals surface area contributed by atoms with E-state index >= 15 is 0 Å². The molecular weight excluding hydrogens is 192 g/mol. The Morgan fingerprint density at radius 1 is 1.60 bits per heavy atom. The van der Waals surface area contributed by atoms with Crippen LogP contribution in [0.15, 0.2) is 0 Å². The van der Waals surface area contributed by atoms with Gasteiger partial charge in [0.2, 0.25) is 5.91 Å². The molecule has 0 saturated carbocycles. The van der Waals surface area contributed by atoms with E-state index in [1.54, 1.807) is 4.90 Å². The zero-order chi connectivity index (χ0) is 11.4. The van der Waals surface area contributed by atoms with E-state index in [1.807, 2.05) is 13.8 Å². The molecule has 1 heterocycles. The van der Waals surface area contributed by atoms with E-state index in [2.05, 4.69) is 0 Å². The molecular formula is C11H22N2O2. The van der Waals surface area contributed by atoms with E-state index in [0.29, 0.717) is 12.3 Å². The van der Waals surface area contributed by atoms with Gasteiger partial charge in [-0.05, 0) is 18.8 Å². The summed E-state index contributed by atoms with van der Waals surface area (Å²) >= 11 is 0. The summed E-state index contributed by atoms with van der Waals surface area (Å²) in [6.07, 6.45) is 2.31. The van der Waals surface area contributed by atoms with Crippen LogP contribution in [-0.2, 0) is 4.79 Å². The molecule has 0 aliphatic carbocycles. The normalized spacial score (nSPS) is 23.5. The molecule has 88 valence electrons. The summed E-state index contributed by atoms with van der Waals surface area (Å²) in [4.78, 5) is 13.6. The van der Waals surface area contributed by atoms with Crippen molar-refractivity contribution in [1.82, 2.24) is 4.90 Å². The lowest BCUT2D eigenvalue weighted by atomic mass is 10.0. The molecule has 1 fully saturated rings. The summed E-state index contributed by atoms with van der Waals surface area (Å²) in [5.74, 6) is 0.414. The second-order valence-electron chi connectivity index (χ2n) is 4.68. The number of rotatable bonds is 4. The first-order valence-electron chi connectivity index (χ1n) is 5.72. The first-order chi connectivity index (χ1) is 7.06. The minimum atomic E-state index is -0.0718. The van der Waals surface area contributed by atoms with Gasteiger partial charge in [0, 0.05) is 19.0 Å². The van der Waals surface area contributed by atoms with E-state index in [9.17, 15) is 4.79 Å². The van der Waals surface area contributed by atoms with Crippen molar-refractivity contribution in [3.05, 3.63) is 0 Å². The number of amides is 1. The van der Waals surface area contributed by atoms with Crippen molar-refractivity contribution in [3.63, 3.8) is 0 Å². The SMILES string of the molecule is CC(C)C(N)CC(=O)N1CCC[C@H]1CO. The zero-order valence-corrected chi connectivity index (χ0v) is 9.65. The third kappa shape index (κ3) is 3.18. The minimum Gasteiger partial charge on any atom is -0.394 e. The maximum absolute atomic E-state index is 11.9. The first-order valence-corrected chi connectivity index (χ1v) is 5.72. The van der Waals surface area contributed by atoms with E-state index in [-0.39, 0.29) is 24.6 Å². The highest BCUT2D eigenvalue weighted by Crippen LogP contribution is 2.18. The van der Waals surface area contributed by atoms with Gasteiger partial charge in [0.1, 0.15) is 0 Å². The van der Waals surface area contributed by atoms with Crippen LogP contribution in [0.2, 0.25) is 0 Å². The fourth-order valence-electron chi connectivity index (χ4n) is 1.91. The molecule has 1 aliphatic rings. The first kappa shape index (κ1) is 12.5. The lowest BCUT2D eigenvalue weighted by Crippen LogP contribution is -2.41. The van der Waals surface area contributed by atoms with Gasteiger partial charge in [0.15, 0.2) is 0 Å². The van der Waals surface area contributed by atoms with Gasteiger partial charge in [-0.2, -0.15) is 0 Å². The predicted molar refractivity (Wildman–Crippen MR) is 59.3 cm³/mol. The summed E-state index contributed by atoms with van der Waals surface area (Å²) in [6, 6.07) is -0.0469. The molecule has 0 radical (unpaired) electrons. The lowest BCUT2D eigenvalue weighted by Gasteiger charge is -2.25. The zero-order valence-electron chi connectivity index (χ0n) is 9.65. The van der Waals surface area contributed by atoms with Crippen LogP contribution in [-0.4, -0.2) is 41.1 Å². The Labute approximate surface area is 91.4 Å². The maximum Gasteiger partial charge on any atom is 0.224 e. The van der Waals surface area contributed by atoms with Gasteiger partial charge < -0.3 is 15.7 Å². The van der Waals surface area contributed by atoms with E-state index in [1.165, 1.54) is 0 Å². The predicted octanol–water partition coefficient (Wildman–Crippen LogP) is 0.343. The Kier molecular flexibility index (Phi) is 4.54. The van der Waals surface area contributed by atoms with Crippen LogP contribution < -0.4 is 5.73 Å². The van der Waals surface area contributed by atoms with Crippen LogP contribution >= 0.6 is 0 Å². The maximum atomic E-state index is 11.9. The molecule has 1 amide bonds. The van der Waals surface area contributed by atoms with Crippen LogP contribution in [0.4, 0.5) is 0 Å². The summed E-state index contributed by atoms with van der Waals surface area (Å²) in [5, 5.41) is 9.10. The highest BCUT2D eigenvalue weighted by Gasteiger charge is 2.28. The number of likely N-dealkylation sites (tertiary alicyclic amines) is 1. The van der Waals surface area contributed by atoms with Gasteiger partial charge in [0.25, 0.3) is 0 Å². The Morgan fingerprint density at radius 2 is 2.27 bits per heavy atom. The molecule has 0 spiro atoms. The van der Waals surface area contributed by atoms with Crippen molar-refractivity contribution in [2.45, 2.75) is 45.2 Å². The van der Waals surface area contributed by atoms with Crippen LogP contribution in [0.5, 0.6) is 0 Å². The molecule has 1 aliphatic heterocycles. The number of hydrogen-bond acceptors (Lipinski definition) is 3. The fraction of sp³-hybridized carbons (Fsp3) is 0.909. The standard InChI is InChI=1S/C11H22N2O2/c1-8(2)10(12)6-11(15)13-5-3-4-9(13)7-14/h8-10,14H,3-7,12H2,1-2H3/t9-,10?/m0/s1. The Morgan fingerprint density at radius 3 is 2.80 bits per heavy atom. The van der Waals surface area contributed by atoms with E-state index in [4.69, 9.17) is 10.8 Å². The fourth-order valence-corrected chi connectivity index (χ4v) is 1.91. The third-order valence-corrected chi connectivity index (χ3v) is 3.17. The topological polar surface area (TPSA) is 66.6 Å². The Balaban J connectivity index is 2.46. The van der Waals surface area contributed by atoms with E-state index < -0.39 is 0 Å². The Hall–Kier alpha value is -0.610.